The molecule has 2 aliphatic rings. The van der Waals surface area contributed by atoms with E-state index in [1.807, 2.05) is 0 Å². The van der Waals surface area contributed by atoms with E-state index in [0.29, 0.717) is 0 Å². The molecule has 22 nitrogen and oxygen atoms in total. The van der Waals surface area contributed by atoms with Crippen molar-refractivity contribution >= 4 is 44.1 Å². The fourth-order valence-corrected chi connectivity index (χ4v) is 8.14. The lowest BCUT2D eigenvalue weighted by Crippen LogP contribution is -2.47. The minimum Gasteiger partial charge on any atom is -0.387 e. The molecule has 11 unspecified atom stereocenters. The van der Waals surface area contributed by atoms with Crippen molar-refractivity contribution in [3.63, 3.8) is 0 Å². The van der Waals surface area contributed by atoms with E-state index >= 15 is 0 Å². The Morgan fingerprint density at radius 2 is 1.76 bits per heavy atom. The number of Topliss-reactive ketones (excluding diaryl/α,β-unsaturated/α-hetero) is 1. The second-order valence-corrected chi connectivity index (χ2v) is 14.7. The largest absolute Gasteiger partial charge is 0.470 e. The summed E-state index contributed by atoms with van der Waals surface area (Å²) >= 11 is 0. The van der Waals surface area contributed by atoms with Gasteiger partial charge in [0.05, 0.1) is 12.9 Å². The molecule has 0 bridgehead atoms. The summed E-state index contributed by atoms with van der Waals surface area (Å²) in [6.07, 6.45) is -9.33. The molecular formula is C26H36N7O15P2+. The molecule has 11 N–H and O–H groups in total. The normalized spacial score (nSPS) is 29.5. The number of hydrogen-bond donors (Lipinski definition) is 9. The lowest BCUT2D eigenvalue weighted by molar-refractivity contribution is -0.766. The number of nitrogens with two attached hydrogens (primary N) is 2. The van der Waals surface area contributed by atoms with Crippen molar-refractivity contribution in [2.75, 3.05) is 12.3 Å². The third-order valence-electron chi connectivity index (χ3n) is 8.42. The van der Waals surface area contributed by atoms with Gasteiger partial charge in [0.2, 0.25) is 0 Å². The topological polar surface area (TPSA) is 346 Å². The highest BCUT2D eigenvalue weighted by Gasteiger charge is 2.58. The number of carbonyl (C=O) groups excluding carboxylic acids is 2. The number of nitrogen functional groups attached to an aromatic ring is 1. The van der Waals surface area contributed by atoms with Gasteiger partial charge in [0.1, 0.15) is 53.7 Å². The zero-order valence-electron chi connectivity index (χ0n) is 26.3. The van der Waals surface area contributed by atoms with E-state index in [9.17, 15) is 53.8 Å². The van der Waals surface area contributed by atoms with Gasteiger partial charge in [-0.25, -0.2) is 19.5 Å². The van der Waals surface area contributed by atoms with Crippen LogP contribution in [0.3, 0.4) is 0 Å². The standard InChI is InChI=1S/C26H35N7O15P2/c1-3-13(34)10(2)11-4-5-32(6-12(11)22(28)39)24-19(38)17(36)20(47-24)26(48-50(42,43)44)49(40,41)45-7-14-16(35)18(37)25(46-14)33-9-31-15-21(27)29-8-30-23(15)33/h4-6,8-10,14,16-20,24-26,35-38H,3,7H2,1-2H3,(H6-,27,28,29,30,39,40,41,42,43,44)/p+1. The van der Waals surface area contributed by atoms with Crippen molar-refractivity contribution in [2.24, 2.45) is 5.73 Å². The molecule has 24 heteroatoms. The van der Waals surface area contributed by atoms with Crippen molar-refractivity contribution in [1.29, 1.82) is 0 Å². The van der Waals surface area contributed by atoms with Gasteiger partial charge in [-0.2, -0.15) is 4.57 Å². The van der Waals surface area contributed by atoms with Crippen molar-refractivity contribution in [3.05, 3.63) is 42.2 Å². The molecule has 3 aromatic rings. The maximum absolute atomic E-state index is 13.5. The Hall–Kier alpha value is -3.34. The van der Waals surface area contributed by atoms with Crippen LogP contribution in [-0.4, -0.2) is 115 Å². The third kappa shape index (κ3) is 7.34. The Morgan fingerprint density at radius 3 is 2.40 bits per heavy atom. The Balaban J connectivity index is 1.37. The van der Waals surface area contributed by atoms with E-state index in [0.717, 1.165) is 17.1 Å². The number of aliphatic hydroxyl groups is 4. The summed E-state index contributed by atoms with van der Waals surface area (Å²) in [4.78, 5) is 66.6. The number of ether oxygens (including phenoxy) is 2. The van der Waals surface area contributed by atoms with E-state index < -0.39 is 88.8 Å². The van der Waals surface area contributed by atoms with Crippen LogP contribution in [0.2, 0.25) is 0 Å². The van der Waals surface area contributed by atoms with Crippen LogP contribution in [0, 0.1) is 0 Å². The zero-order chi connectivity index (χ0) is 36.9. The van der Waals surface area contributed by atoms with Crippen LogP contribution in [0.1, 0.15) is 54.6 Å². The lowest BCUT2D eigenvalue weighted by Gasteiger charge is -2.29. The van der Waals surface area contributed by atoms with Gasteiger partial charge in [-0.3, -0.25) is 23.2 Å². The number of amides is 1. The molecule has 2 saturated heterocycles. The molecule has 5 heterocycles. The van der Waals surface area contributed by atoms with Gasteiger partial charge in [0, 0.05) is 18.4 Å². The minimum absolute atomic E-state index is 0.0180. The molecule has 0 radical (unpaired) electrons. The third-order valence-corrected chi connectivity index (χ3v) is 10.6. The number of hydrogen-bond acceptors (Lipinski definition) is 16. The van der Waals surface area contributed by atoms with Gasteiger partial charge in [0.15, 0.2) is 42.0 Å². The van der Waals surface area contributed by atoms with Crippen molar-refractivity contribution in [1.82, 2.24) is 19.5 Å². The number of pyridine rings is 1. The number of aliphatic hydroxyl groups excluding tert-OH is 4. The number of rotatable bonds is 13. The first-order valence-electron chi connectivity index (χ1n) is 14.9. The molecule has 11 atom stereocenters. The molecule has 0 aromatic carbocycles. The average Bonchev–Trinajstić information content (AvgIpc) is 3.71. The van der Waals surface area contributed by atoms with Crippen LogP contribution < -0.4 is 16.0 Å². The summed E-state index contributed by atoms with van der Waals surface area (Å²) in [5, 5.41) is 43.1. The summed E-state index contributed by atoms with van der Waals surface area (Å²) in [5.74, 6) is -4.54. The molecule has 50 heavy (non-hydrogen) atoms. The number of phosphoric ester groups is 1. The molecule has 0 saturated carbocycles. The van der Waals surface area contributed by atoms with Crippen LogP contribution in [0.15, 0.2) is 31.1 Å². The molecule has 5 rings (SSSR count). The predicted octanol–water partition coefficient (Wildman–Crippen LogP) is -2.55. The SMILES string of the molecule is CCC(=O)C(C)c1cc[n+](C2OC(C(OP(=O)(O)O)P(=O)(O)OCC3OC(n4cnc5c(N)ncnc54)C(O)C3O)C(O)C2O)cc1C(N)=O. The van der Waals surface area contributed by atoms with Crippen molar-refractivity contribution in [3.8, 4) is 0 Å². The van der Waals surface area contributed by atoms with E-state index in [1.54, 1.807) is 13.8 Å². The first-order valence-corrected chi connectivity index (χ1v) is 18.1. The van der Waals surface area contributed by atoms with E-state index in [4.69, 9.17) is 25.5 Å². The Labute approximate surface area is 282 Å². The summed E-state index contributed by atoms with van der Waals surface area (Å²) in [6.45, 7) is 2.21. The van der Waals surface area contributed by atoms with E-state index in [-0.39, 0.29) is 40.3 Å². The average molecular weight is 749 g/mol. The number of carbonyl (C=O) groups is 2. The fraction of sp³-hybridized carbons (Fsp3) is 0.538. The number of primary amides is 1. The maximum atomic E-state index is 13.5. The second kappa shape index (κ2) is 14.4. The first-order chi connectivity index (χ1) is 23.4. The van der Waals surface area contributed by atoms with Gasteiger partial charge in [-0.15, -0.1) is 0 Å². The molecule has 3 aromatic heterocycles. The number of anilines is 1. The smallest absolute Gasteiger partial charge is 0.387 e. The molecule has 1 amide bonds. The molecule has 0 aliphatic carbocycles. The van der Waals surface area contributed by atoms with Gasteiger partial charge in [-0.05, 0) is 5.56 Å². The molecule has 274 valence electrons. The zero-order valence-corrected chi connectivity index (χ0v) is 28.0. The Morgan fingerprint density at radius 1 is 1.06 bits per heavy atom. The van der Waals surface area contributed by atoms with E-state index in [2.05, 4.69) is 19.5 Å². The minimum atomic E-state index is -5.64. The molecule has 2 aliphatic heterocycles. The first kappa shape index (κ1) is 37.9. The van der Waals surface area contributed by atoms with Gasteiger partial charge in [-0.1, -0.05) is 13.8 Å². The maximum Gasteiger partial charge on any atom is 0.470 e. The van der Waals surface area contributed by atoms with Gasteiger partial charge >= 0.3 is 15.4 Å². The quantitative estimate of drug-likeness (QED) is 0.0642. The number of fused-ring (bicyclic) bond motifs is 1. The van der Waals surface area contributed by atoms with Crippen LogP contribution in [0.25, 0.3) is 11.2 Å². The monoisotopic (exact) mass is 748 g/mol. The molecular weight excluding hydrogens is 712 g/mol. The Kier molecular flexibility index (Phi) is 10.9. The van der Waals surface area contributed by atoms with Crippen LogP contribution in [-0.2, 0) is 32.4 Å². The van der Waals surface area contributed by atoms with Crippen molar-refractivity contribution in [2.45, 2.75) is 81.1 Å². The highest BCUT2D eigenvalue weighted by molar-refractivity contribution is 7.54. The summed E-state index contributed by atoms with van der Waals surface area (Å²) in [7, 11) is -11.1. The highest BCUT2D eigenvalue weighted by atomic mass is 31.2. The fourth-order valence-electron chi connectivity index (χ4n) is 5.76. The van der Waals surface area contributed by atoms with Crippen LogP contribution in [0.4, 0.5) is 5.82 Å². The van der Waals surface area contributed by atoms with Crippen LogP contribution in [0.5, 0.6) is 0 Å². The molecule has 0 spiro atoms. The van der Waals surface area contributed by atoms with E-state index in [1.165, 1.54) is 23.2 Å². The Bertz CT molecular complexity index is 1860. The summed E-state index contributed by atoms with van der Waals surface area (Å²) in [6, 6.07) is 1.35. The number of aromatic nitrogens is 5. The summed E-state index contributed by atoms with van der Waals surface area (Å²) in [5.41, 5.74) is 11.7. The number of phosphoric acid groups is 1. The van der Waals surface area contributed by atoms with Crippen molar-refractivity contribution < 1.29 is 76.9 Å². The molecule has 2 fully saturated rings. The predicted molar refractivity (Wildman–Crippen MR) is 163 cm³/mol. The van der Waals surface area contributed by atoms with Gasteiger partial charge < -0.3 is 60.6 Å². The van der Waals surface area contributed by atoms with Crippen LogP contribution >= 0.6 is 15.4 Å². The summed E-state index contributed by atoms with van der Waals surface area (Å²) < 4.78 is 48.7. The second-order valence-electron chi connectivity index (χ2n) is 11.6. The highest BCUT2D eigenvalue weighted by Crippen LogP contribution is 2.58. The van der Waals surface area contributed by atoms with Gasteiger partial charge in [0.25, 0.3) is 12.1 Å². The number of imidazole rings is 1. The number of nitrogens with zero attached hydrogens (tertiary/aromatic N) is 5. The lowest BCUT2D eigenvalue weighted by atomic mass is 9.92. The number of ketones is 1.